The van der Waals surface area contributed by atoms with Crippen molar-refractivity contribution >= 4 is 43.8 Å². The molecular weight excluding hydrogens is 278 g/mol. The second-order valence-corrected chi connectivity index (χ2v) is 6.64. The van der Waals surface area contributed by atoms with Crippen molar-refractivity contribution in [1.29, 1.82) is 0 Å². The van der Waals surface area contributed by atoms with Crippen molar-refractivity contribution in [3.8, 4) is 0 Å². The van der Waals surface area contributed by atoms with Crippen LogP contribution in [0.2, 0.25) is 0 Å². The standard InChI is InChI=1S/C14H13NS3/c1-11-7-9-13(10-8-11)17-18-14(16)15-12-5-3-2-4-6-12/h2-10H,1H3,(H,15,16). The van der Waals surface area contributed by atoms with Gasteiger partial charge in [-0.05, 0) is 42.0 Å². The lowest BCUT2D eigenvalue weighted by Gasteiger charge is -2.06. The zero-order chi connectivity index (χ0) is 12.8. The highest BCUT2D eigenvalue weighted by Crippen LogP contribution is 2.32. The second-order valence-electron chi connectivity index (χ2n) is 3.76. The molecule has 0 aliphatic heterocycles. The van der Waals surface area contributed by atoms with Crippen molar-refractivity contribution in [3.63, 3.8) is 0 Å². The Morgan fingerprint density at radius 3 is 2.33 bits per heavy atom. The molecule has 0 radical (unpaired) electrons. The minimum Gasteiger partial charge on any atom is -0.340 e. The normalized spacial score (nSPS) is 10.1. The van der Waals surface area contributed by atoms with Crippen molar-refractivity contribution in [1.82, 2.24) is 0 Å². The Bertz CT molecular complexity index is 508. The number of thiocarbonyl (C=S) groups is 1. The highest BCUT2D eigenvalue weighted by molar-refractivity contribution is 8.83. The third-order valence-corrected chi connectivity index (χ3v) is 5.05. The van der Waals surface area contributed by atoms with Gasteiger partial charge in [-0.2, -0.15) is 0 Å². The summed E-state index contributed by atoms with van der Waals surface area (Å²) in [4.78, 5) is 1.21. The Morgan fingerprint density at radius 1 is 1.00 bits per heavy atom. The van der Waals surface area contributed by atoms with Gasteiger partial charge in [0.25, 0.3) is 0 Å². The molecular formula is C14H13NS3. The molecule has 0 amide bonds. The summed E-state index contributed by atoms with van der Waals surface area (Å²) in [6, 6.07) is 18.4. The van der Waals surface area contributed by atoms with E-state index in [1.807, 2.05) is 30.3 Å². The molecule has 2 aromatic carbocycles. The smallest absolute Gasteiger partial charge is 0.149 e. The second kappa shape index (κ2) is 6.83. The lowest BCUT2D eigenvalue weighted by Crippen LogP contribution is -2.02. The fraction of sp³-hybridized carbons (Fsp3) is 0.0714. The van der Waals surface area contributed by atoms with Gasteiger partial charge in [0.2, 0.25) is 0 Å². The highest BCUT2D eigenvalue weighted by Gasteiger charge is 2.00. The first-order valence-corrected chi connectivity index (χ1v) is 8.07. The van der Waals surface area contributed by atoms with Gasteiger partial charge in [-0.3, -0.25) is 0 Å². The molecule has 0 saturated heterocycles. The molecule has 2 rings (SSSR count). The summed E-state index contributed by atoms with van der Waals surface area (Å²) < 4.78 is 0.770. The van der Waals surface area contributed by atoms with Crippen LogP contribution >= 0.6 is 33.8 Å². The fourth-order valence-electron chi connectivity index (χ4n) is 1.34. The zero-order valence-corrected chi connectivity index (χ0v) is 12.4. The van der Waals surface area contributed by atoms with Crippen LogP contribution in [0.4, 0.5) is 5.69 Å². The van der Waals surface area contributed by atoms with Crippen LogP contribution in [0.25, 0.3) is 0 Å². The van der Waals surface area contributed by atoms with Gasteiger partial charge in [0.1, 0.15) is 4.32 Å². The van der Waals surface area contributed by atoms with Gasteiger partial charge >= 0.3 is 0 Å². The van der Waals surface area contributed by atoms with E-state index in [0.717, 1.165) is 10.0 Å². The van der Waals surface area contributed by atoms with Crippen LogP contribution in [0.3, 0.4) is 0 Å². The maximum Gasteiger partial charge on any atom is 0.149 e. The zero-order valence-electron chi connectivity index (χ0n) is 9.92. The molecule has 4 heteroatoms. The quantitative estimate of drug-likeness (QED) is 0.621. The van der Waals surface area contributed by atoms with Gasteiger partial charge in [-0.1, -0.05) is 58.9 Å². The lowest BCUT2D eigenvalue weighted by atomic mass is 10.2. The Morgan fingerprint density at radius 2 is 1.67 bits per heavy atom. The van der Waals surface area contributed by atoms with Crippen molar-refractivity contribution in [3.05, 3.63) is 60.2 Å². The van der Waals surface area contributed by atoms with Gasteiger partial charge in [-0.25, -0.2) is 0 Å². The van der Waals surface area contributed by atoms with Crippen molar-refractivity contribution in [2.45, 2.75) is 11.8 Å². The topological polar surface area (TPSA) is 12.0 Å². The highest BCUT2D eigenvalue weighted by atomic mass is 33.1. The molecule has 1 nitrogen and oxygen atoms in total. The van der Waals surface area contributed by atoms with Crippen LogP contribution in [0, 0.1) is 6.92 Å². The average Bonchev–Trinajstić information content (AvgIpc) is 2.39. The number of para-hydroxylation sites is 1. The molecule has 0 atom stereocenters. The Labute approximate surface area is 121 Å². The third-order valence-electron chi connectivity index (χ3n) is 2.25. The summed E-state index contributed by atoms with van der Waals surface area (Å²) in [6.07, 6.45) is 0. The van der Waals surface area contributed by atoms with E-state index >= 15 is 0 Å². The summed E-state index contributed by atoms with van der Waals surface area (Å²) in [6.45, 7) is 2.09. The van der Waals surface area contributed by atoms with E-state index in [1.54, 1.807) is 21.6 Å². The van der Waals surface area contributed by atoms with E-state index in [-0.39, 0.29) is 0 Å². The molecule has 18 heavy (non-hydrogen) atoms. The molecule has 0 fully saturated rings. The van der Waals surface area contributed by atoms with Crippen LogP contribution in [0.5, 0.6) is 0 Å². The maximum atomic E-state index is 5.29. The van der Waals surface area contributed by atoms with E-state index < -0.39 is 0 Å². The van der Waals surface area contributed by atoms with E-state index in [2.05, 4.69) is 36.5 Å². The van der Waals surface area contributed by atoms with Crippen LogP contribution < -0.4 is 5.32 Å². The molecule has 0 saturated carbocycles. The van der Waals surface area contributed by atoms with E-state index in [9.17, 15) is 0 Å². The molecule has 2 aromatic rings. The maximum absolute atomic E-state index is 5.29. The van der Waals surface area contributed by atoms with Gasteiger partial charge < -0.3 is 5.32 Å². The van der Waals surface area contributed by atoms with Gasteiger partial charge in [0.15, 0.2) is 0 Å². The first kappa shape index (κ1) is 13.5. The summed E-state index contributed by atoms with van der Waals surface area (Å²) >= 11 is 5.29. The molecule has 0 spiro atoms. The molecule has 0 aromatic heterocycles. The minimum absolute atomic E-state index is 0.770. The fourth-order valence-corrected chi connectivity index (χ4v) is 3.32. The van der Waals surface area contributed by atoms with Crippen molar-refractivity contribution in [2.75, 3.05) is 5.32 Å². The van der Waals surface area contributed by atoms with E-state index in [0.29, 0.717) is 0 Å². The first-order valence-electron chi connectivity index (χ1n) is 5.51. The molecule has 0 aliphatic rings. The minimum atomic E-state index is 0.770. The van der Waals surface area contributed by atoms with Crippen molar-refractivity contribution in [2.24, 2.45) is 0 Å². The van der Waals surface area contributed by atoms with Gasteiger partial charge in [-0.15, -0.1) is 0 Å². The first-order chi connectivity index (χ1) is 8.74. The van der Waals surface area contributed by atoms with Crippen LogP contribution in [-0.2, 0) is 0 Å². The van der Waals surface area contributed by atoms with Crippen LogP contribution in [0.15, 0.2) is 59.5 Å². The number of hydrogen-bond acceptors (Lipinski definition) is 3. The Kier molecular flexibility index (Phi) is 5.11. The Hall–Kier alpha value is -0.970. The molecule has 0 bridgehead atoms. The van der Waals surface area contributed by atoms with Crippen LogP contribution in [-0.4, -0.2) is 4.32 Å². The largest absolute Gasteiger partial charge is 0.340 e. The lowest BCUT2D eigenvalue weighted by molar-refractivity contribution is 1.38. The average molecular weight is 291 g/mol. The van der Waals surface area contributed by atoms with E-state index in [4.69, 9.17) is 12.2 Å². The number of anilines is 1. The summed E-state index contributed by atoms with van der Waals surface area (Å²) in [5.41, 5.74) is 2.30. The number of hydrogen-bond donors (Lipinski definition) is 1. The number of rotatable bonds is 3. The van der Waals surface area contributed by atoms with E-state index in [1.165, 1.54) is 10.5 Å². The number of benzene rings is 2. The molecule has 1 N–H and O–H groups in total. The predicted octanol–water partition coefficient (Wildman–Crippen LogP) is 5.13. The van der Waals surface area contributed by atoms with Gasteiger partial charge in [0, 0.05) is 10.6 Å². The molecule has 0 heterocycles. The van der Waals surface area contributed by atoms with Crippen LogP contribution in [0.1, 0.15) is 5.56 Å². The molecule has 0 aliphatic carbocycles. The van der Waals surface area contributed by atoms with Crippen molar-refractivity contribution < 1.29 is 0 Å². The monoisotopic (exact) mass is 291 g/mol. The van der Waals surface area contributed by atoms with Gasteiger partial charge in [0.05, 0.1) is 0 Å². The summed E-state index contributed by atoms with van der Waals surface area (Å²) in [5, 5.41) is 3.20. The SMILES string of the molecule is Cc1ccc(SSC(=S)Nc2ccccc2)cc1. The Balaban J connectivity index is 1.83. The third kappa shape index (κ3) is 4.37. The summed E-state index contributed by atoms with van der Waals surface area (Å²) in [7, 11) is 3.24. The molecule has 92 valence electrons. The molecule has 0 unspecified atom stereocenters. The number of nitrogens with one attached hydrogen (secondary N) is 1. The summed E-state index contributed by atoms with van der Waals surface area (Å²) in [5.74, 6) is 0. The predicted molar refractivity (Wildman–Crippen MR) is 87.3 cm³/mol. The number of aryl methyl sites for hydroxylation is 1.